The van der Waals surface area contributed by atoms with E-state index in [1.54, 1.807) is 37.4 Å². The van der Waals surface area contributed by atoms with E-state index in [-0.39, 0.29) is 29.7 Å². The normalized spacial score (nSPS) is 12.3. The van der Waals surface area contributed by atoms with Gasteiger partial charge in [0.25, 0.3) is 11.5 Å². The van der Waals surface area contributed by atoms with Crippen molar-refractivity contribution in [1.29, 1.82) is 0 Å². The van der Waals surface area contributed by atoms with E-state index in [1.807, 2.05) is 13.8 Å². The number of amides is 1. The third-order valence-electron chi connectivity index (χ3n) is 3.87. The second-order valence-electron chi connectivity index (χ2n) is 6.31. The first-order valence-corrected chi connectivity index (χ1v) is 8.29. The molecule has 0 bridgehead atoms. The highest BCUT2D eigenvalue weighted by molar-refractivity contribution is 5.91. The first-order chi connectivity index (χ1) is 12.4. The van der Waals surface area contributed by atoms with E-state index in [0.29, 0.717) is 17.5 Å². The van der Waals surface area contributed by atoms with Crippen LogP contribution in [-0.4, -0.2) is 20.6 Å². The summed E-state index contributed by atoms with van der Waals surface area (Å²) in [4.78, 5) is 28.5. The van der Waals surface area contributed by atoms with Gasteiger partial charge in [0, 0.05) is 12.3 Å². The van der Waals surface area contributed by atoms with Gasteiger partial charge in [-0.2, -0.15) is 4.98 Å². The molecule has 0 saturated heterocycles. The van der Waals surface area contributed by atoms with Crippen LogP contribution >= 0.6 is 0 Å². The molecule has 0 aromatic carbocycles. The fraction of sp³-hybridized carbons (Fsp3) is 0.333. The Morgan fingerprint density at radius 1 is 1.27 bits per heavy atom. The largest absolute Gasteiger partial charge is 0.454 e. The fourth-order valence-electron chi connectivity index (χ4n) is 2.51. The summed E-state index contributed by atoms with van der Waals surface area (Å²) in [6, 6.07) is 7.73. The molecular formula is C18H20N4O4. The van der Waals surface area contributed by atoms with Crippen LogP contribution < -0.4 is 10.9 Å². The average Bonchev–Trinajstić information content (AvgIpc) is 3.23. The van der Waals surface area contributed by atoms with Crippen molar-refractivity contribution in [3.05, 3.63) is 70.1 Å². The van der Waals surface area contributed by atoms with Crippen LogP contribution in [0.5, 0.6) is 0 Å². The van der Waals surface area contributed by atoms with E-state index in [1.165, 1.54) is 10.6 Å². The monoisotopic (exact) mass is 356 g/mol. The lowest BCUT2D eigenvalue weighted by Gasteiger charge is -2.17. The highest BCUT2D eigenvalue weighted by Crippen LogP contribution is 2.21. The lowest BCUT2D eigenvalue weighted by atomic mass is 10.0. The van der Waals surface area contributed by atoms with Crippen molar-refractivity contribution >= 4 is 5.91 Å². The maximum atomic E-state index is 12.5. The van der Waals surface area contributed by atoms with Crippen LogP contribution in [0.15, 0.2) is 50.3 Å². The SMILES string of the molecule is Cc1noc([C@@H](NC(=O)c2ccc(Cn3ccccc3=O)o2)C(C)C)n1. The summed E-state index contributed by atoms with van der Waals surface area (Å²) in [5, 5.41) is 6.62. The van der Waals surface area contributed by atoms with Gasteiger partial charge < -0.3 is 18.8 Å². The molecule has 0 saturated carbocycles. The van der Waals surface area contributed by atoms with Crippen LogP contribution in [0.1, 0.15) is 47.9 Å². The summed E-state index contributed by atoms with van der Waals surface area (Å²) in [6.45, 7) is 5.86. The molecule has 136 valence electrons. The minimum atomic E-state index is -0.422. The van der Waals surface area contributed by atoms with Crippen molar-refractivity contribution < 1.29 is 13.7 Å². The molecule has 8 heteroatoms. The van der Waals surface area contributed by atoms with Crippen LogP contribution in [0.2, 0.25) is 0 Å². The van der Waals surface area contributed by atoms with Gasteiger partial charge in [0.15, 0.2) is 11.6 Å². The molecule has 0 aliphatic heterocycles. The number of rotatable bonds is 6. The fourth-order valence-corrected chi connectivity index (χ4v) is 2.51. The van der Waals surface area contributed by atoms with Crippen LogP contribution in [0.4, 0.5) is 0 Å². The molecule has 1 N–H and O–H groups in total. The van der Waals surface area contributed by atoms with Crippen molar-refractivity contribution in [1.82, 2.24) is 20.0 Å². The molecule has 0 aliphatic rings. The highest BCUT2D eigenvalue weighted by atomic mass is 16.5. The van der Waals surface area contributed by atoms with Crippen molar-refractivity contribution in [2.24, 2.45) is 5.92 Å². The zero-order chi connectivity index (χ0) is 18.7. The predicted molar refractivity (Wildman–Crippen MR) is 92.6 cm³/mol. The lowest BCUT2D eigenvalue weighted by molar-refractivity contribution is 0.0883. The van der Waals surface area contributed by atoms with Crippen LogP contribution in [0.25, 0.3) is 0 Å². The molecule has 3 rings (SSSR count). The van der Waals surface area contributed by atoms with Crippen LogP contribution in [0.3, 0.4) is 0 Å². The van der Waals surface area contributed by atoms with Crippen molar-refractivity contribution in [3.8, 4) is 0 Å². The lowest BCUT2D eigenvalue weighted by Crippen LogP contribution is -2.31. The van der Waals surface area contributed by atoms with E-state index in [9.17, 15) is 9.59 Å². The minimum Gasteiger partial charge on any atom is -0.454 e. The molecule has 0 radical (unpaired) electrons. The number of nitrogens with zero attached hydrogens (tertiary/aromatic N) is 3. The Labute approximate surface area is 149 Å². The number of hydrogen-bond donors (Lipinski definition) is 1. The average molecular weight is 356 g/mol. The Bertz CT molecular complexity index is 954. The van der Waals surface area contributed by atoms with Gasteiger partial charge in [-0.15, -0.1) is 0 Å². The summed E-state index contributed by atoms with van der Waals surface area (Å²) in [7, 11) is 0. The maximum Gasteiger partial charge on any atom is 0.287 e. The van der Waals surface area contributed by atoms with Crippen LogP contribution in [0, 0.1) is 12.8 Å². The molecule has 0 fully saturated rings. The third kappa shape index (κ3) is 3.90. The molecule has 1 atom stereocenters. The molecule has 3 aromatic heterocycles. The summed E-state index contributed by atoms with van der Waals surface area (Å²) in [5.41, 5.74) is -0.137. The van der Waals surface area contributed by atoms with Gasteiger partial charge in [-0.25, -0.2) is 0 Å². The summed E-state index contributed by atoms with van der Waals surface area (Å²) < 4.78 is 12.3. The molecule has 3 aromatic rings. The number of furan rings is 1. The Morgan fingerprint density at radius 2 is 2.08 bits per heavy atom. The van der Waals surface area contributed by atoms with Gasteiger partial charge in [0.1, 0.15) is 11.8 Å². The molecule has 1 amide bonds. The molecule has 8 nitrogen and oxygen atoms in total. The van der Waals surface area contributed by atoms with Crippen molar-refractivity contribution in [2.75, 3.05) is 0 Å². The van der Waals surface area contributed by atoms with Gasteiger partial charge in [-0.3, -0.25) is 9.59 Å². The van der Waals surface area contributed by atoms with E-state index in [2.05, 4.69) is 15.5 Å². The number of aromatic nitrogens is 3. The van der Waals surface area contributed by atoms with Gasteiger partial charge in [0.2, 0.25) is 5.89 Å². The van der Waals surface area contributed by atoms with Crippen LogP contribution in [-0.2, 0) is 6.54 Å². The van der Waals surface area contributed by atoms with Gasteiger partial charge in [-0.05, 0) is 31.0 Å². The minimum absolute atomic E-state index is 0.0520. The van der Waals surface area contributed by atoms with Crippen molar-refractivity contribution in [3.63, 3.8) is 0 Å². The Morgan fingerprint density at radius 3 is 2.73 bits per heavy atom. The molecule has 0 unspecified atom stereocenters. The topological polar surface area (TPSA) is 103 Å². The molecule has 3 heterocycles. The molecule has 0 aliphatic carbocycles. The van der Waals surface area contributed by atoms with E-state index < -0.39 is 6.04 Å². The van der Waals surface area contributed by atoms with Gasteiger partial charge >= 0.3 is 0 Å². The quantitative estimate of drug-likeness (QED) is 0.727. The number of carbonyl (C=O) groups excluding carboxylic acids is 1. The Hall–Kier alpha value is -3.16. The first kappa shape index (κ1) is 17.7. The Balaban J connectivity index is 1.73. The smallest absolute Gasteiger partial charge is 0.287 e. The second-order valence-corrected chi connectivity index (χ2v) is 6.31. The standard InChI is InChI=1S/C18H20N4O4/c1-11(2)16(18-19-12(3)21-26-18)20-17(24)14-8-7-13(25-14)10-22-9-5-4-6-15(22)23/h4-9,11,16H,10H2,1-3H3,(H,20,24)/t16-/m0/s1. The van der Waals surface area contributed by atoms with Gasteiger partial charge in [0.05, 0.1) is 6.54 Å². The number of pyridine rings is 1. The third-order valence-corrected chi connectivity index (χ3v) is 3.87. The molecule has 0 spiro atoms. The summed E-state index contributed by atoms with van der Waals surface area (Å²) in [6.07, 6.45) is 1.66. The van der Waals surface area contributed by atoms with E-state index in [0.717, 1.165) is 0 Å². The zero-order valence-electron chi connectivity index (χ0n) is 14.8. The first-order valence-electron chi connectivity index (χ1n) is 8.29. The molecule has 26 heavy (non-hydrogen) atoms. The van der Waals surface area contributed by atoms with Gasteiger partial charge in [-0.1, -0.05) is 25.1 Å². The highest BCUT2D eigenvalue weighted by Gasteiger charge is 2.25. The van der Waals surface area contributed by atoms with E-state index in [4.69, 9.17) is 8.94 Å². The number of hydrogen-bond acceptors (Lipinski definition) is 6. The number of aryl methyl sites for hydroxylation is 1. The van der Waals surface area contributed by atoms with E-state index >= 15 is 0 Å². The summed E-state index contributed by atoms with van der Waals surface area (Å²) in [5.74, 6) is 1.20. The second kappa shape index (κ2) is 7.38. The van der Waals surface area contributed by atoms with Crippen molar-refractivity contribution in [2.45, 2.75) is 33.4 Å². The number of nitrogens with one attached hydrogen (secondary N) is 1. The number of carbonyl (C=O) groups is 1. The Kier molecular flexibility index (Phi) is 5.01. The molecular weight excluding hydrogens is 336 g/mol. The summed E-state index contributed by atoms with van der Waals surface area (Å²) >= 11 is 0. The predicted octanol–water partition coefficient (Wildman–Crippen LogP) is 2.31. The zero-order valence-corrected chi connectivity index (χ0v) is 14.8. The maximum absolute atomic E-state index is 12.5.